The summed E-state index contributed by atoms with van der Waals surface area (Å²) in [7, 11) is -4.11. The fourth-order valence-electron chi connectivity index (χ4n) is 1.50. The molecule has 0 aliphatic heterocycles. The highest BCUT2D eigenvalue weighted by Gasteiger charge is 2.21. The molecule has 1 heterocycles. The van der Waals surface area contributed by atoms with Crippen LogP contribution in [0.25, 0.3) is 0 Å². The van der Waals surface area contributed by atoms with Gasteiger partial charge < -0.3 is 5.73 Å². The molecule has 8 heteroatoms. The summed E-state index contributed by atoms with van der Waals surface area (Å²) >= 11 is 5.65. The number of rotatable bonds is 3. The van der Waals surface area contributed by atoms with Gasteiger partial charge >= 0.3 is 0 Å². The highest BCUT2D eigenvalue weighted by atomic mass is 35.5. The van der Waals surface area contributed by atoms with Crippen molar-refractivity contribution in [3.63, 3.8) is 0 Å². The molecule has 0 saturated carbocycles. The van der Waals surface area contributed by atoms with Crippen molar-refractivity contribution in [3.05, 3.63) is 46.9 Å². The molecule has 0 aliphatic carbocycles. The summed E-state index contributed by atoms with van der Waals surface area (Å²) in [5.74, 6) is -0.842. The first-order valence-corrected chi connectivity index (χ1v) is 7.36. The topological polar surface area (TPSA) is 85.1 Å². The van der Waals surface area contributed by atoms with Crippen molar-refractivity contribution < 1.29 is 12.8 Å². The number of hydrogen-bond acceptors (Lipinski definition) is 4. The van der Waals surface area contributed by atoms with Gasteiger partial charge in [-0.3, -0.25) is 4.72 Å². The Kier molecular flexibility index (Phi) is 3.82. The summed E-state index contributed by atoms with van der Waals surface area (Å²) in [5, 5.41) is 0.360. The number of halogens is 2. The van der Waals surface area contributed by atoms with Crippen LogP contribution in [0.4, 0.5) is 15.9 Å². The summed E-state index contributed by atoms with van der Waals surface area (Å²) in [6, 6.07) is 4.98. The van der Waals surface area contributed by atoms with Crippen molar-refractivity contribution in [2.24, 2.45) is 0 Å². The Labute approximate surface area is 120 Å². The predicted octanol–water partition coefficient (Wildman–Crippen LogP) is 2.57. The fraction of sp³-hybridized carbons (Fsp3) is 0.0833. The third kappa shape index (κ3) is 3.00. The van der Waals surface area contributed by atoms with Gasteiger partial charge in [0.05, 0.1) is 5.02 Å². The number of sulfonamides is 1. The first-order valence-electron chi connectivity index (χ1n) is 5.49. The maximum Gasteiger partial charge on any atom is 0.266 e. The zero-order valence-electron chi connectivity index (χ0n) is 10.4. The molecule has 0 fully saturated rings. The van der Waals surface area contributed by atoms with Gasteiger partial charge in [-0.1, -0.05) is 11.6 Å². The third-order valence-corrected chi connectivity index (χ3v) is 4.17. The van der Waals surface area contributed by atoms with E-state index < -0.39 is 20.7 Å². The van der Waals surface area contributed by atoms with E-state index in [1.807, 2.05) is 0 Å². The summed E-state index contributed by atoms with van der Waals surface area (Å²) in [6.45, 7) is 1.59. The smallest absolute Gasteiger partial charge is 0.266 e. The van der Waals surface area contributed by atoms with Crippen LogP contribution < -0.4 is 10.5 Å². The fourth-order valence-corrected chi connectivity index (χ4v) is 2.72. The number of benzene rings is 1. The summed E-state index contributed by atoms with van der Waals surface area (Å²) in [5.41, 5.74) is 6.26. The second-order valence-electron chi connectivity index (χ2n) is 4.11. The van der Waals surface area contributed by atoms with Gasteiger partial charge in [-0.2, -0.15) is 0 Å². The third-order valence-electron chi connectivity index (χ3n) is 2.58. The zero-order chi connectivity index (χ0) is 14.9. The molecule has 2 rings (SSSR count). The SMILES string of the molecule is Cc1cc(F)c(S(=O)(=O)Nc2ccc(Cl)cn2)cc1N. The van der Waals surface area contributed by atoms with E-state index in [1.165, 1.54) is 18.3 Å². The molecule has 0 bridgehead atoms. The number of anilines is 2. The van der Waals surface area contributed by atoms with Crippen molar-refractivity contribution in [2.45, 2.75) is 11.8 Å². The van der Waals surface area contributed by atoms with Crippen molar-refractivity contribution in [1.29, 1.82) is 0 Å². The number of nitrogens with zero attached hydrogens (tertiary/aromatic N) is 1. The number of aryl methyl sites for hydroxylation is 1. The molecule has 1 aromatic heterocycles. The lowest BCUT2D eigenvalue weighted by Crippen LogP contribution is -2.16. The number of hydrogen-bond donors (Lipinski definition) is 2. The minimum Gasteiger partial charge on any atom is -0.398 e. The minimum atomic E-state index is -4.11. The minimum absolute atomic E-state index is 0.0351. The van der Waals surface area contributed by atoms with Gasteiger partial charge in [-0.25, -0.2) is 17.8 Å². The van der Waals surface area contributed by atoms with Crippen LogP contribution in [0.2, 0.25) is 5.02 Å². The second-order valence-corrected chi connectivity index (χ2v) is 6.19. The maximum absolute atomic E-state index is 13.8. The van der Waals surface area contributed by atoms with Crippen LogP contribution in [0.1, 0.15) is 5.56 Å². The first-order chi connectivity index (χ1) is 9.29. The molecule has 0 aliphatic rings. The quantitative estimate of drug-likeness (QED) is 0.852. The molecule has 2 aromatic rings. The monoisotopic (exact) mass is 315 g/mol. The summed E-state index contributed by atoms with van der Waals surface area (Å²) in [6.07, 6.45) is 1.28. The van der Waals surface area contributed by atoms with Crippen LogP contribution in [0.5, 0.6) is 0 Å². The van der Waals surface area contributed by atoms with Crippen LogP contribution in [0.15, 0.2) is 35.4 Å². The van der Waals surface area contributed by atoms with E-state index in [9.17, 15) is 12.8 Å². The lowest BCUT2D eigenvalue weighted by molar-refractivity contribution is 0.570. The molecule has 5 nitrogen and oxygen atoms in total. The largest absolute Gasteiger partial charge is 0.398 e. The normalized spacial score (nSPS) is 11.3. The number of aromatic nitrogens is 1. The molecule has 0 amide bonds. The van der Waals surface area contributed by atoms with Gasteiger partial charge in [0, 0.05) is 11.9 Å². The Morgan fingerprint density at radius 2 is 2.05 bits per heavy atom. The molecule has 0 unspecified atom stereocenters. The number of nitrogen functional groups attached to an aromatic ring is 1. The average molecular weight is 316 g/mol. The highest BCUT2D eigenvalue weighted by Crippen LogP contribution is 2.23. The second kappa shape index (κ2) is 5.26. The highest BCUT2D eigenvalue weighted by molar-refractivity contribution is 7.92. The van der Waals surface area contributed by atoms with Crippen LogP contribution in [0, 0.1) is 12.7 Å². The van der Waals surface area contributed by atoms with Gasteiger partial charge in [0.2, 0.25) is 0 Å². The van der Waals surface area contributed by atoms with E-state index in [1.54, 1.807) is 6.92 Å². The van der Waals surface area contributed by atoms with E-state index in [0.717, 1.165) is 12.1 Å². The van der Waals surface area contributed by atoms with E-state index in [0.29, 0.717) is 10.6 Å². The molecule has 20 heavy (non-hydrogen) atoms. The Balaban J connectivity index is 2.40. The molecule has 1 aromatic carbocycles. The van der Waals surface area contributed by atoms with Gasteiger partial charge in [0.1, 0.15) is 16.5 Å². The lowest BCUT2D eigenvalue weighted by Gasteiger charge is -2.10. The molecular weight excluding hydrogens is 305 g/mol. The van der Waals surface area contributed by atoms with E-state index in [4.69, 9.17) is 17.3 Å². The number of nitrogens with two attached hydrogens (primary N) is 1. The summed E-state index contributed by atoms with van der Waals surface area (Å²) in [4.78, 5) is 3.25. The Bertz CT molecular complexity index is 748. The van der Waals surface area contributed by atoms with Crippen LogP contribution in [-0.2, 0) is 10.0 Å². The van der Waals surface area contributed by atoms with Crippen LogP contribution in [0.3, 0.4) is 0 Å². The molecule has 3 N–H and O–H groups in total. The Morgan fingerprint density at radius 1 is 1.35 bits per heavy atom. The van der Waals surface area contributed by atoms with Crippen LogP contribution >= 0.6 is 11.6 Å². The molecule has 0 saturated heterocycles. The number of nitrogens with one attached hydrogen (secondary N) is 1. The van der Waals surface area contributed by atoms with Gasteiger partial charge in [0.15, 0.2) is 0 Å². The summed E-state index contributed by atoms with van der Waals surface area (Å²) < 4.78 is 40.1. The van der Waals surface area contributed by atoms with E-state index in [-0.39, 0.29) is 11.5 Å². The van der Waals surface area contributed by atoms with Gasteiger partial charge in [-0.15, -0.1) is 0 Å². The molecular formula is C12H11ClFN3O2S. The van der Waals surface area contributed by atoms with Crippen molar-refractivity contribution in [3.8, 4) is 0 Å². The standard InChI is InChI=1S/C12H11ClFN3O2S/c1-7-4-9(14)11(5-10(7)15)20(18,19)17-12-3-2-8(13)6-16-12/h2-6H,15H2,1H3,(H,16,17). The molecule has 106 valence electrons. The first kappa shape index (κ1) is 14.5. The zero-order valence-corrected chi connectivity index (χ0v) is 12.0. The van der Waals surface area contributed by atoms with Crippen molar-refractivity contribution >= 4 is 33.1 Å². The molecule has 0 spiro atoms. The van der Waals surface area contributed by atoms with E-state index >= 15 is 0 Å². The Morgan fingerprint density at radius 3 is 2.65 bits per heavy atom. The van der Waals surface area contributed by atoms with Gasteiger partial charge in [-0.05, 0) is 36.8 Å². The van der Waals surface area contributed by atoms with Crippen molar-refractivity contribution in [2.75, 3.05) is 10.5 Å². The molecule has 0 atom stereocenters. The lowest BCUT2D eigenvalue weighted by atomic mass is 10.2. The average Bonchev–Trinajstić information content (AvgIpc) is 2.36. The van der Waals surface area contributed by atoms with Crippen molar-refractivity contribution in [1.82, 2.24) is 4.98 Å². The Hall–Kier alpha value is -1.86. The van der Waals surface area contributed by atoms with E-state index in [2.05, 4.69) is 9.71 Å². The predicted molar refractivity (Wildman–Crippen MR) is 75.6 cm³/mol. The maximum atomic E-state index is 13.8. The van der Waals surface area contributed by atoms with Crippen LogP contribution in [-0.4, -0.2) is 13.4 Å². The number of pyridine rings is 1. The van der Waals surface area contributed by atoms with Gasteiger partial charge in [0.25, 0.3) is 10.0 Å². The molecule has 0 radical (unpaired) electrons.